The molecule has 1 heterocycles. The van der Waals surface area contributed by atoms with E-state index in [1.807, 2.05) is 18.2 Å². The molecule has 11 heavy (non-hydrogen) atoms. The second-order valence-electron chi connectivity index (χ2n) is 2.73. The molecule has 0 saturated heterocycles. The van der Waals surface area contributed by atoms with Crippen molar-refractivity contribution in [1.82, 2.24) is 0 Å². The van der Waals surface area contributed by atoms with E-state index in [-0.39, 0.29) is 6.10 Å². The molecule has 1 aliphatic heterocycles. The number of rotatable bonds is 0. The number of hydrogen-bond donors (Lipinski definition) is 1. The molecular weight excluding hydrogens is 156 g/mol. The molecule has 0 bridgehead atoms. The zero-order valence-corrected chi connectivity index (χ0v) is 6.97. The van der Waals surface area contributed by atoms with Crippen molar-refractivity contribution in [3.05, 3.63) is 35.4 Å². The van der Waals surface area contributed by atoms with Gasteiger partial charge >= 0.3 is 0 Å². The summed E-state index contributed by atoms with van der Waals surface area (Å²) in [7, 11) is 0. The van der Waals surface area contributed by atoms with Crippen molar-refractivity contribution in [3.63, 3.8) is 0 Å². The average molecular weight is 166 g/mol. The van der Waals surface area contributed by atoms with E-state index < -0.39 is 0 Å². The molecule has 0 unspecified atom stereocenters. The zero-order chi connectivity index (χ0) is 7.68. The molecule has 2 heteroatoms. The Morgan fingerprint density at radius 2 is 2.18 bits per heavy atom. The molecule has 1 nitrogen and oxygen atoms in total. The van der Waals surface area contributed by atoms with Crippen LogP contribution in [0.25, 0.3) is 0 Å². The van der Waals surface area contributed by atoms with Crippen LogP contribution >= 0.6 is 11.8 Å². The van der Waals surface area contributed by atoms with E-state index in [0.717, 1.165) is 17.1 Å². The summed E-state index contributed by atoms with van der Waals surface area (Å²) in [4.78, 5) is 0. The zero-order valence-electron chi connectivity index (χ0n) is 6.16. The van der Waals surface area contributed by atoms with Crippen molar-refractivity contribution in [2.24, 2.45) is 0 Å². The molecule has 0 saturated carbocycles. The summed E-state index contributed by atoms with van der Waals surface area (Å²) in [5.41, 5.74) is 2.41. The predicted molar refractivity (Wildman–Crippen MR) is 47.6 cm³/mol. The molecule has 0 aromatic heterocycles. The van der Waals surface area contributed by atoms with Crippen LogP contribution in [0.2, 0.25) is 0 Å². The lowest BCUT2D eigenvalue weighted by atomic mass is 10.0. The SMILES string of the molecule is O[C@@H]1CSCc2ccccc21. The highest BCUT2D eigenvalue weighted by Gasteiger charge is 2.16. The predicted octanol–water partition coefficient (Wildman–Crippen LogP) is 1.97. The fourth-order valence-corrected chi connectivity index (χ4v) is 2.36. The lowest BCUT2D eigenvalue weighted by molar-refractivity contribution is 0.202. The summed E-state index contributed by atoms with van der Waals surface area (Å²) >= 11 is 1.80. The summed E-state index contributed by atoms with van der Waals surface area (Å²) < 4.78 is 0. The van der Waals surface area contributed by atoms with Gasteiger partial charge in [-0.1, -0.05) is 24.3 Å². The van der Waals surface area contributed by atoms with Gasteiger partial charge in [0, 0.05) is 11.5 Å². The van der Waals surface area contributed by atoms with Gasteiger partial charge in [-0.25, -0.2) is 0 Å². The number of benzene rings is 1. The van der Waals surface area contributed by atoms with Crippen molar-refractivity contribution in [1.29, 1.82) is 0 Å². The Bertz CT molecular complexity index is 259. The number of hydrogen-bond acceptors (Lipinski definition) is 2. The lowest BCUT2D eigenvalue weighted by Gasteiger charge is -2.20. The van der Waals surface area contributed by atoms with Gasteiger partial charge in [0.2, 0.25) is 0 Å². The van der Waals surface area contributed by atoms with Crippen molar-refractivity contribution >= 4 is 11.8 Å². The monoisotopic (exact) mass is 166 g/mol. The molecule has 1 aromatic carbocycles. The van der Waals surface area contributed by atoms with Gasteiger partial charge in [-0.15, -0.1) is 0 Å². The Balaban J connectivity index is 2.44. The van der Waals surface area contributed by atoms with Gasteiger partial charge in [-0.05, 0) is 11.1 Å². The van der Waals surface area contributed by atoms with E-state index >= 15 is 0 Å². The number of thioether (sulfide) groups is 1. The normalized spacial score (nSPS) is 22.8. The van der Waals surface area contributed by atoms with Crippen molar-refractivity contribution in [2.45, 2.75) is 11.9 Å². The Morgan fingerprint density at radius 1 is 1.36 bits per heavy atom. The first-order chi connectivity index (χ1) is 5.38. The molecule has 0 aliphatic carbocycles. The molecule has 58 valence electrons. The van der Waals surface area contributed by atoms with Gasteiger partial charge in [0.1, 0.15) is 0 Å². The van der Waals surface area contributed by atoms with E-state index in [1.165, 1.54) is 5.56 Å². The van der Waals surface area contributed by atoms with Crippen molar-refractivity contribution in [3.8, 4) is 0 Å². The summed E-state index contributed by atoms with van der Waals surface area (Å²) in [6.45, 7) is 0. The first kappa shape index (κ1) is 7.19. The van der Waals surface area contributed by atoms with E-state index in [1.54, 1.807) is 11.8 Å². The Kier molecular flexibility index (Phi) is 1.88. The van der Waals surface area contributed by atoms with Crippen LogP contribution in [-0.2, 0) is 5.75 Å². The smallest absolute Gasteiger partial charge is 0.0883 e. The van der Waals surface area contributed by atoms with Crippen LogP contribution in [0.1, 0.15) is 17.2 Å². The first-order valence-electron chi connectivity index (χ1n) is 3.71. The maximum atomic E-state index is 9.54. The minimum Gasteiger partial charge on any atom is -0.388 e. The largest absolute Gasteiger partial charge is 0.388 e. The second kappa shape index (κ2) is 2.88. The highest BCUT2D eigenvalue weighted by molar-refractivity contribution is 7.98. The van der Waals surface area contributed by atoms with Crippen LogP contribution in [-0.4, -0.2) is 10.9 Å². The molecule has 0 spiro atoms. The highest BCUT2D eigenvalue weighted by Crippen LogP contribution is 2.30. The van der Waals surface area contributed by atoms with Crippen LogP contribution < -0.4 is 0 Å². The van der Waals surface area contributed by atoms with Crippen molar-refractivity contribution < 1.29 is 5.11 Å². The quantitative estimate of drug-likeness (QED) is 0.636. The van der Waals surface area contributed by atoms with Crippen LogP contribution in [0.5, 0.6) is 0 Å². The molecule has 1 aromatic rings. The Labute approximate surface area is 70.4 Å². The molecule has 1 N–H and O–H groups in total. The average Bonchev–Trinajstić information content (AvgIpc) is 2.06. The van der Waals surface area contributed by atoms with Gasteiger partial charge in [0.05, 0.1) is 6.10 Å². The summed E-state index contributed by atoms with van der Waals surface area (Å²) in [5.74, 6) is 1.89. The van der Waals surface area contributed by atoms with Crippen LogP contribution in [0.3, 0.4) is 0 Å². The number of aliphatic hydroxyl groups is 1. The van der Waals surface area contributed by atoms with E-state index in [4.69, 9.17) is 0 Å². The van der Waals surface area contributed by atoms with Gasteiger partial charge in [-0.3, -0.25) is 0 Å². The fraction of sp³-hybridized carbons (Fsp3) is 0.333. The molecule has 1 aliphatic rings. The fourth-order valence-electron chi connectivity index (χ4n) is 1.36. The summed E-state index contributed by atoms with van der Waals surface area (Å²) in [6, 6.07) is 8.11. The first-order valence-corrected chi connectivity index (χ1v) is 4.87. The van der Waals surface area contributed by atoms with Crippen LogP contribution in [0, 0.1) is 0 Å². The molecule has 2 rings (SSSR count). The highest BCUT2D eigenvalue weighted by atomic mass is 32.2. The minimum absolute atomic E-state index is 0.245. The van der Waals surface area contributed by atoms with Crippen molar-refractivity contribution in [2.75, 3.05) is 5.75 Å². The van der Waals surface area contributed by atoms with Gasteiger partial charge in [0.25, 0.3) is 0 Å². The minimum atomic E-state index is -0.245. The topological polar surface area (TPSA) is 20.2 Å². The van der Waals surface area contributed by atoms with Gasteiger partial charge in [-0.2, -0.15) is 11.8 Å². The van der Waals surface area contributed by atoms with Gasteiger partial charge < -0.3 is 5.11 Å². The Morgan fingerprint density at radius 3 is 3.00 bits per heavy atom. The molecule has 0 fully saturated rings. The maximum Gasteiger partial charge on any atom is 0.0883 e. The summed E-state index contributed by atoms with van der Waals surface area (Å²) in [6.07, 6.45) is -0.245. The third kappa shape index (κ3) is 1.28. The molecule has 1 atom stereocenters. The Hall–Kier alpha value is -0.470. The molecule has 0 radical (unpaired) electrons. The second-order valence-corrected chi connectivity index (χ2v) is 3.76. The van der Waals surface area contributed by atoms with E-state index in [9.17, 15) is 5.11 Å². The van der Waals surface area contributed by atoms with Crippen LogP contribution in [0.4, 0.5) is 0 Å². The van der Waals surface area contributed by atoms with E-state index in [2.05, 4.69) is 6.07 Å². The van der Waals surface area contributed by atoms with E-state index in [0.29, 0.717) is 0 Å². The molecule has 0 amide bonds. The standard InChI is InChI=1S/C9H10OS/c10-9-6-11-5-7-3-1-2-4-8(7)9/h1-4,9-10H,5-6H2/t9-/m1/s1. The van der Waals surface area contributed by atoms with Crippen LogP contribution in [0.15, 0.2) is 24.3 Å². The number of aliphatic hydroxyl groups excluding tert-OH is 1. The maximum absolute atomic E-state index is 9.54. The third-order valence-electron chi connectivity index (χ3n) is 1.95. The number of fused-ring (bicyclic) bond motifs is 1. The molecular formula is C9H10OS. The third-order valence-corrected chi connectivity index (χ3v) is 3.01. The summed E-state index contributed by atoms with van der Waals surface area (Å²) in [5, 5.41) is 9.54. The lowest BCUT2D eigenvalue weighted by Crippen LogP contribution is -2.09. The van der Waals surface area contributed by atoms with Gasteiger partial charge in [0.15, 0.2) is 0 Å².